The van der Waals surface area contributed by atoms with Crippen molar-refractivity contribution in [1.29, 1.82) is 0 Å². The molecule has 1 saturated heterocycles. The third kappa shape index (κ3) is 1.88. The molecule has 1 aliphatic heterocycles. The molecule has 16 heavy (non-hydrogen) atoms. The van der Waals surface area contributed by atoms with Crippen molar-refractivity contribution in [2.24, 2.45) is 5.92 Å². The Labute approximate surface area is 94.8 Å². The van der Waals surface area contributed by atoms with Gasteiger partial charge in [0.2, 0.25) is 0 Å². The zero-order chi connectivity index (χ0) is 11.5. The molecule has 1 fully saturated rings. The summed E-state index contributed by atoms with van der Waals surface area (Å²) in [7, 11) is 1.42. The molecule has 86 valence electrons. The number of benzene rings is 1. The van der Waals surface area contributed by atoms with Crippen LogP contribution in [0.5, 0.6) is 0 Å². The first kappa shape index (κ1) is 11.0. The molecule has 0 radical (unpaired) electrons. The fourth-order valence-electron chi connectivity index (χ4n) is 2.25. The number of hydrogen-bond donors (Lipinski definition) is 2. The number of nitrogens with two attached hydrogens (primary N) is 1. The van der Waals surface area contributed by atoms with Crippen molar-refractivity contribution < 1.29 is 9.53 Å². The van der Waals surface area contributed by atoms with Crippen molar-refractivity contribution >= 4 is 11.7 Å². The van der Waals surface area contributed by atoms with Gasteiger partial charge < -0.3 is 15.8 Å². The van der Waals surface area contributed by atoms with E-state index in [0.717, 1.165) is 17.8 Å². The second-order valence-corrected chi connectivity index (χ2v) is 4.02. The Hall–Kier alpha value is -1.55. The molecule has 1 aromatic rings. The van der Waals surface area contributed by atoms with E-state index in [1.165, 1.54) is 7.11 Å². The second kappa shape index (κ2) is 4.53. The number of carbonyl (C=O) groups excluding carboxylic acids is 1. The van der Waals surface area contributed by atoms with Crippen LogP contribution in [0.1, 0.15) is 11.5 Å². The third-order valence-corrected chi connectivity index (χ3v) is 3.11. The highest BCUT2D eigenvalue weighted by Gasteiger charge is 2.35. The van der Waals surface area contributed by atoms with Crippen LogP contribution in [0, 0.1) is 5.92 Å². The molecule has 0 aliphatic carbocycles. The Morgan fingerprint density at radius 1 is 1.44 bits per heavy atom. The molecule has 1 aromatic carbocycles. The van der Waals surface area contributed by atoms with E-state index in [9.17, 15) is 4.79 Å². The van der Waals surface area contributed by atoms with Crippen molar-refractivity contribution in [3.63, 3.8) is 0 Å². The number of esters is 1. The van der Waals surface area contributed by atoms with E-state index >= 15 is 0 Å². The highest BCUT2D eigenvalue weighted by Crippen LogP contribution is 2.32. The lowest BCUT2D eigenvalue weighted by Crippen LogP contribution is -2.23. The van der Waals surface area contributed by atoms with Crippen molar-refractivity contribution in [2.75, 3.05) is 25.9 Å². The predicted molar refractivity (Wildman–Crippen MR) is 62.0 cm³/mol. The number of para-hydroxylation sites is 1. The van der Waals surface area contributed by atoms with Crippen LogP contribution in [-0.4, -0.2) is 26.2 Å². The number of carbonyl (C=O) groups is 1. The number of hydrogen-bond acceptors (Lipinski definition) is 4. The summed E-state index contributed by atoms with van der Waals surface area (Å²) in [5, 5.41) is 3.21. The SMILES string of the molecule is COC(=O)C1CNCC1c1ccccc1N. The topological polar surface area (TPSA) is 64.3 Å². The van der Waals surface area contributed by atoms with Gasteiger partial charge in [0.05, 0.1) is 13.0 Å². The van der Waals surface area contributed by atoms with Gasteiger partial charge in [0.15, 0.2) is 0 Å². The predicted octanol–water partition coefficient (Wildman–Crippen LogP) is 0.745. The van der Waals surface area contributed by atoms with Crippen LogP contribution in [0.2, 0.25) is 0 Å². The maximum atomic E-state index is 11.6. The highest BCUT2D eigenvalue weighted by molar-refractivity contribution is 5.75. The molecule has 0 aromatic heterocycles. The minimum absolute atomic E-state index is 0.119. The van der Waals surface area contributed by atoms with Crippen LogP contribution < -0.4 is 11.1 Å². The molecule has 0 amide bonds. The molecule has 2 unspecified atom stereocenters. The van der Waals surface area contributed by atoms with Crippen molar-refractivity contribution in [3.05, 3.63) is 29.8 Å². The summed E-state index contributed by atoms with van der Waals surface area (Å²) in [6, 6.07) is 7.68. The van der Waals surface area contributed by atoms with Gasteiger partial charge in [-0.25, -0.2) is 0 Å². The quantitative estimate of drug-likeness (QED) is 0.570. The number of anilines is 1. The summed E-state index contributed by atoms with van der Waals surface area (Å²) in [5.41, 5.74) is 7.70. The summed E-state index contributed by atoms with van der Waals surface area (Å²) >= 11 is 0. The standard InChI is InChI=1S/C12H16N2O2/c1-16-12(15)10-7-14-6-9(10)8-4-2-3-5-11(8)13/h2-5,9-10,14H,6-7,13H2,1H3. The number of nitrogens with one attached hydrogen (secondary N) is 1. The average molecular weight is 220 g/mol. The highest BCUT2D eigenvalue weighted by atomic mass is 16.5. The lowest BCUT2D eigenvalue weighted by atomic mass is 9.88. The van der Waals surface area contributed by atoms with E-state index < -0.39 is 0 Å². The maximum absolute atomic E-state index is 11.6. The Morgan fingerprint density at radius 3 is 2.88 bits per heavy atom. The van der Waals surface area contributed by atoms with Crippen LogP contribution in [0.3, 0.4) is 0 Å². The summed E-state index contributed by atoms with van der Waals surface area (Å²) in [6.45, 7) is 1.43. The number of ether oxygens (including phenoxy) is 1. The molecule has 1 heterocycles. The summed E-state index contributed by atoms with van der Waals surface area (Å²) < 4.78 is 4.81. The minimum atomic E-state index is -0.168. The van der Waals surface area contributed by atoms with E-state index in [1.807, 2.05) is 24.3 Å². The monoisotopic (exact) mass is 220 g/mol. The molecule has 4 heteroatoms. The maximum Gasteiger partial charge on any atom is 0.310 e. The van der Waals surface area contributed by atoms with Crippen LogP contribution in [0.25, 0.3) is 0 Å². The molecular weight excluding hydrogens is 204 g/mol. The lowest BCUT2D eigenvalue weighted by molar-refractivity contribution is -0.145. The first-order valence-electron chi connectivity index (χ1n) is 5.37. The molecule has 2 atom stereocenters. The molecular formula is C12H16N2O2. The van der Waals surface area contributed by atoms with Crippen LogP contribution in [-0.2, 0) is 9.53 Å². The van der Waals surface area contributed by atoms with E-state index in [1.54, 1.807) is 0 Å². The van der Waals surface area contributed by atoms with E-state index in [-0.39, 0.29) is 17.8 Å². The van der Waals surface area contributed by atoms with Gasteiger partial charge >= 0.3 is 5.97 Å². The number of rotatable bonds is 2. The first-order chi connectivity index (χ1) is 7.74. The van der Waals surface area contributed by atoms with Gasteiger partial charge in [-0.2, -0.15) is 0 Å². The van der Waals surface area contributed by atoms with Gasteiger partial charge in [0.1, 0.15) is 0 Å². The molecule has 4 nitrogen and oxygen atoms in total. The molecule has 0 spiro atoms. The Morgan fingerprint density at radius 2 is 2.19 bits per heavy atom. The van der Waals surface area contributed by atoms with E-state index in [2.05, 4.69) is 5.32 Å². The molecule has 3 N–H and O–H groups in total. The Bertz CT molecular complexity index is 392. The van der Waals surface area contributed by atoms with Crippen molar-refractivity contribution in [1.82, 2.24) is 5.32 Å². The van der Waals surface area contributed by atoms with Gasteiger partial charge in [0.25, 0.3) is 0 Å². The van der Waals surface area contributed by atoms with Gasteiger partial charge in [-0.15, -0.1) is 0 Å². The molecule has 2 rings (SSSR count). The largest absolute Gasteiger partial charge is 0.469 e. The normalized spacial score (nSPS) is 24.3. The van der Waals surface area contributed by atoms with Crippen LogP contribution >= 0.6 is 0 Å². The van der Waals surface area contributed by atoms with Gasteiger partial charge in [0, 0.05) is 24.7 Å². The van der Waals surface area contributed by atoms with Crippen molar-refractivity contribution in [3.8, 4) is 0 Å². The van der Waals surface area contributed by atoms with E-state index in [4.69, 9.17) is 10.5 Å². The summed E-state index contributed by atoms with van der Waals surface area (Å²) in [6.07, 6.45) is 0. The Kier molecular flexibility index (Phi) is 3.10. The van der Waals surface area contributed by atoms with Gasteiger partial charge in [-0.05, 0) is 11.6 Å². The zero-order valence-electron chi connectivity index (χ0n) is 9.27. The molecule has 0 bridgehead atoms. The lowest BCUT2D eigenvalue weighted by Gasteiger charge is -2.18. The van der Waals surface area contributed by atoms with Gasteiger partial charge in [-0.1, -0.05) is 18.2 Å². The average Bonchev–Trinajstić information content (AvgIpc) is 2.77. The minimum Gasteiger partial charge on any atom is -0.469 e. The first-order valence-corrected chi connectivity index (χ1v) is 5.37. The Balaban J connectivity index is 2.27. The summed E-state index contributed by atoms with van der Waals surface area (Å²) in [5.74, 6) is -0.179. The fraction of sp³-hybridized carbons (Fsp3) is 0.417. The number of methoxy groups -OCH3 is 1. The molecule has 0 saturated carbocycles. The fourth-order valence-corrected chi connectivity index (χ4v) is 2.25. The number of nitrogen functional groups attached to an aromatic ring is 1. The third-order valence-electron chi connectivity index (χ3n) is 3.11. The van der Waals surface area contributed by atoms with Crippen molar-refractivity contribution in [2.45, 2.75) is 5.92 Å². The second-order valence-electron chi connectivity index (χ2n) is 4.02. The molecule has 1 aliphatic rings. The van der Waals surface area contributed by atoms with Gasteiger partial charge in [-0.3, -0.25) is 4.79 Å². The van der Waals surface area contributed by atoms with Crippen LogP contribution in [0.15, 0.2) is 24.3 Å². The van der Waals surface area contributed by atoms with Crippen LogP contribution in [0.4, 0.5) is 5.69 Å². The smallest absolute Gasteiger partial charge is 0.310 e. The zero-order valence-corrected chi connectivity index (χ0v) is 9.27. The van der Waals surface area contributed by atoms with E-state index in [0.29, 0.717) is 6.54 Å². The summed E-state index contributed by atoms with van der Waals surface area (Å²) in [4.78, 5) is 11.6.